The van der Waals surface area contributed by atoms with E-state index in [2.05, 4.69) is 17.1 Å². The second kappa shape index (κ2) is 8.89. The summed E-state index contributed by atoms with van der Waals surface area (Å²) in [4.78, 5) is 14.5. The Morgan fingerprint density at radius 3 is 2.48 bits per heavy atom. The molecular formula is C22H27FN2O2. The average molecular weight is 370 g/mol. The number of carbonyl (C=O) groups is 1. The van der Waals surface area contributed by atoms with E-state index in [9.17, 15) is 9.18 Å². The van der Waals surface area contributed by atoms with Gasteiger partial charge in [-0.2, -0.15) is 0 Å². The monoisotopic (exact) mass is 370 g/mol. The van der Waals surface area contributed by atoms with Crippen LogP contribution in [0.2, 0.25) is 0 Å². The van der Waals surface area contributed by atoms with E-state index >= 15 is 0 Å². The number of carbonyl (C=O) groups excluding carboxylic acids is 1. The van der Waals surface area contributed by atoms with Crippen LogP contribution in [0.25, 0.3) is 0 Å². The topological polar surface area (TPSA) is 41.6 Å². The first-order valence-electron chi connectivity index (χ1n) is 9.69. The molecule has 2 aromatic rings. The fourth-order valence-corrected chi connectivity index (χ4v) is 3.18. The van der Waals surface area contributed by atoms with Crippen LogP contribution in [0.15, 0.2) is 42.5 Å². The van der Waals surface area contributed by atoms with Crippen molar-refractivity contribution in [2.75, 3.05) is 23.3 Å². The molecule has 1 heterocycles. The molecule has 27 heavy (non-hydrogen) atoms. The summed E-state index contributed by atoms with van der Waals surface area (Å²) >= 11 is 0. The van der Waals surface area contributed by atoms with Crippen LogP contribution >= 0.6 is 0 Å². The standard InChI is InChI=1S/C22H27FN2O2/c1-3-16(2)27-19-10-7-17(8-11-19)22(26)24-18-9-12-21(20(23)15-18)25-13-5-4-6-14-25/h7-12,15-16H,3-6,13-14H2,1-2H3,(H,24,26)/t16-/m1/s1. The molecule has 144 valence electrons. The second-order valence-electron chi connectivity index (χ2n) is 7.03. The van der Waals surface area contributed by atoms with Crippen LogP contribution in [0.1, 0.15) is 49.9 Å². The van der Waals surface area contributed by atoms with E-state index in [-0.39, 0.29) is 17.8 Å². The van der Waals surface area contributed by atoms with Crippen molar-refractivity contribution in [3.05, 3.63) is 53.8 Å². The Bertz CT molecular complexity index is 770. The number of hydrogen-bond donors (Lipinski definition) is 1. The number of benzene rings is 2. The van der Waals surface area contributed by atoms with Crippen LogP contribution in [0.5, 0.6) is 5.75 Å². The Kier molecular flexibility index (Phi) is 6.32. The summed E-state index contributed by atoms with van der Waals surface area (Å²) in [7, 11) is 0. The summed E-state index contributed by atoms with van der Waals surface area (Å²) in [5, 5.41) is 2.76. The minimum absolute atomic E-state index is 0.131. The van der Waals surface area contributed by atoms with Crippen molar-refractivity contribution >= 4 is 17.3 Å². The summed E-state index contributed by atoms with van der Waals surface area (Å²) in [6.45, 7) is 5.83. The first kappa shape index (κ1) is 19.2. The molecule has 0 radical (unpaired) electrons. The fraction of sp³-hybridized carbons (Fsp3) is 0.409. The highest BCUT2D eigenvalue weighted by Gasteiger charge is 2.16. The number of piperidine rings is 1. The van der Waals surface area contributed by atoms with E-state index in [1.54, 1.807) is 36.4 Å². The number of halogens is 1. The zero-order valence-corrected chi connectivity index (χ0v) is 16.0. The van der Waals surface area contributed by atoms with E-state index in [1.165, 1.54) is 12.5 Å². The van der Waals surface area contributed by atoms with Crippen molar-refractivity contribution in [1.82, 2.24) is 0 Å². The molecule has 1 aliphatic rings. The Hall–Kier alpha value is -2.56. The number of rotatable bonds is 6. The normalized spacial score (nSPS) is 15.3. The molecule has 1 amide bonds. The van der Waals surface area contributed by atoms with Gasteiger partial charge < -0.3 is 15.0 Å². The molecule has 0 saturated carbocycles. The molecule has 1 fully saturated rings. The molecule has 0 spiro atoms. The van der Waals surface area contributed by atoms with Gasteiger partial charge in [-0.25, -0.2) is 4.39 Å². The Morgan fingerprint density at radius 2 is 1.85 bits per heavy atom. The minimum Gasteiger partial charge on any atom is -0.491 e. The van der Waals surface area contributed by atoms with Crippen LogP contribution in [0.3, 0.4) is 0 Å². The van der Waals surface area contributed by atoms with Gasteiger partial charge in [0.1, 0.15) is 11.6 Å². The highest BCUT2D eigenvalue weighted by Crippen LogP contribution is 2.26. The van der Waals surface area contributed by atoms with Gasteiger partial charge in [0.15, 0.2) is 0 Å². The Balaban J connectivity index is 1.64. The second-order valence-corrected chi connectivity index (χ2v) is 7.03. The van der Waals surface area contributed by atoms with E-state index in [1.807, 2.05) is 6.92 Å². The maximum Gasteiger partial charge on any atom is 0.255 e. The highest BCUT2D eigenvalue weighted by molar-refractivity contribution is 6.04. The van der Waals surface area contributed by atoms with Gasteiger partial charge in [0.2, 0.25) is 0 Å². The zero-order chi connectivity index (χ0) is 19.2. The van der Waals surface area contributed by atoms with Crippen LogP contribution < -0.4 is 15.0 Å². The summed E-state index contributed by atoms with van der Waals surface area (Å²) in [6, 6.07) is 11.9. The SMILES string of the molecule is CC[C@@H](C)Oc1ccc(C(=O)Nc2ccc(N3CCCCC3)c(F)c2)cc1. The molecule has 1 saturated heterocycles. The first-order valence-corrected chi connectivity index (χ1v) is 9.69. The van der Waals surface area contributed by atoms with Crippen molar-refractivity contribution in [3.63, 3.8) is 0 Å². The molecular weight excluding hydrogens is 343 g/mol. The number of ether oxygens (including phenoxy) is 1. The molecule has 1 aliphatic heterocycles. The van der Waals surface area contributed by atoms with Crippen molar-refractivity contribution < 1.29 is 13.9 Å². The van der Waals surface area contributed by atoms with Gasteiger partial charge in [-0.1, -0.05) is 6.92 Å². The molecule has 1 atom stereocenters. The molecule has 5 heteroatoms. The third-order valence-electron chi connectivity index (χ3n) is 4.93. The van der Waals surface area contributed by atoms with E-state index in [0.29, 0.717) is 16.9 Å². The number of anilines is 2. The number of nitrogens with zero attached hydrogens (tertiary/aromatic N) is 1. The summed E-state index contributed by atoms with van der Waals surface area (Å²) in [5.74, 6) is 0.167. The van der Waals surface area contributed by atoms with Gasteiger partial charge >= 0.3 is 0 Å². The first-order chi connectivity index (χ1) is 13.1. The van der Waals surface area contributed by atoms with Gasteiger partial charge in [0.05, 0.1) is 11.8 Å². The number of amides is 1. The van der Waals surface area contributed by atoms with Crippen LogP contribution in [0, 0.1) is 5.82 Å². The van der Waals surface area contributed by atoms with Gasteiger partial charge in [0, 0.05) is 24.3 Å². The summed E-state index contributed by atoms with van der Waals surface area (Å²) < 4.78 is 20.2. The van der Waals surface area contributed by atoms with Gasteiger partial charge in [-0.3, -0.25) is 4.79 Å². The summed E-state index contributed by atoms with van der Waals surface area (Å²) in [6.07, 6.45) is 4.43. The number of hydrogen-bond acceptors (Lipinski definition) is 3. The van der Waals surface area contributed by atoms with E-state index in [0.717, 1.165) is 38.1 Å². The van der Waals surface area contributed by atoms with E-state index < -0.39 is 0 Å². The molecule has 0 unspecified atom stereocenters. The predicted octanol–water partition coefficient (Wildman–Crippen LogP) is 5.25. The smallest absolute Gasteiger partial charge is 0.255 e. The third kappa shape index (κ3) is 5.00. The molecule has 3 rings (SSSR count). The van der Waals surface area contributed by atoms with E-state index in [4.69, 9.17) is 4.74 Å². The largest absolute Gasteiger partial charge is 0.491 e. The molecule has 2 aromatic carbocycles. The minimum atomic E-state index is -0.299. The highest BCUT2D eigenvalue weighted by atomic mass is 19.1. The molecule has 1 N–H and O–H groups in total. The Morgan fingerprint density at radius 1 is 1.15 bits per heavy atom. The van der Waals surface area contributed by atoms with Crippen LogP contribution in [0.4, 0.5) is 15.8 Å². The van der Waals surface area contributed by atoms with Gasteiger partial charge in [-0.15, -0.1) is 0 Å². The number of nitrogens with one attached hydrogen (secondary N) is 1. The van der Waals surface area contributed by atoms with Crippen LogP contribution in [-0.4, -0.2) is 25.1 Å². The predicted molar refractivity (Wildman–Crippen MR) is 107 cm³/mol. The Labute approximate surface area is 160 Å². The molecule has 0 aromatic heterocycles. The van der Waals surface area contributed by atoms with Crippen molar-refractivity contribution in [2.24, 2.45) is 0 Å². The van der Waals surface area contributed by atoms with Crippen molar-refractivity contribution in [1.29, 1.82) is 0 Å². The lowest BCUT2D eigenvalue weighted by Crippen LogP contribution is -2.30. The molecule has 4 nitrogen and oxygen atoms in total. The lowest BCUT2D eigenvalue weighted by Gasteiger charge is -2.29. The third-order valence-corrected chi connectivity index (χ3v) is 4.93. The fourth-order valence-electron chi connectivity index (χ4n) is 3.18. The summed E-state index contributed by atoms with van der Waals surface area (Å²) in [5.41, 5.74) is 1.57. The maximum atomic E-state index is 14.5. The van der Waals surface area contributed by atoms with Crippen molar-refractivity contribution in [3.8, 4) is 5.75 Å². The molecule has 0 bridgehead atoms. The lowest BCUT2D eigenvalue weighted by molar-refractivity contribution is 0.102. The average Bonchev–Trinajstić information content (AvgIpc) is 2.69. The quantitative estimate of drug-likeness (QED) is 0.755. The van der Waals surface area contributed by atoms with Crippen molar-refractivity contribution in [2.45, 2.75) is 45.6 Å². The zero-order valence-electron chi connectivity index (χ0n) is 16.0. The maximum absolute atomic E-state index is 14.5. The van der Waals surface area contributed by atoms with Gasteiger partial charge in [0.25, 0.3) is 5.91 Å². The molecule has 0 aliphatic carbocycles. The lowest BCUT2D eigenvalue weighted by atomic mass is 10.1. The van der Waals surface area contributed by atoms with Crippen LogP contribution in [-0.2, 0) is 0 Å². The van der Waals surface area contributed by atoms with Gasteiger partial charge in [-0.05, 0) is 75.1 Å².